The first-order chi connectivity index (χ1) is 12.7. The van der Waals surface area contributed by atoms with E-state index < -0.39 is 0 Å². The van der Waals surface area contributed by atoms with Crippen LogP contribution >= 0.6 is 24.8 Å². The van der Waals surface area contributed by atoms with Crippen molar-refractivity contribution in [2.75, 3.05) is 6.54 Å². The van der Waals surface area contributed by atoms with Crippen LogP contribution in [0, 0.1) is 6.92 Å². The lowest BCUT2D eigenvalue weighted by Gasteiger charge is -2.15. The van der Waals surface area contributed by atoms with E-state index in [1.165, 1.54) is 0 Å². The molecule has 28 heavy (non-hydrogen) atoms. The smallest absolute Gasteiger partial charge is 0.274 e. The second-order valence-corrected chi connectivity index (χ2v) is 6.36. The molecule has 2 heterocycles. The summed E-state index contributed by atoms with van der Waals surface area (Å²) in [4.78, 5) is 16.8. The molecule has 3 aromatic rings. The first-order valence-corrected chi connectivity index (χ1v) is 8.92. The van der Waals surface area contributed by atoms with Gasteiger partial charge in [-0.15, -0.1) is 29.9 Å². The van der Waals surface area contributed by atoms with Crippen molar-refractivity contribution in [3.63, 3.8) is 0 Å². The maximum absolute atomic E-state index is 12.6. The fourth-order valence-electron chi connectivity index (χ4n) is 3.01. The summed E-state index contributed by atoms with van der Waals surface area (Å²) in [7, 11) is 0. The lowest BCUT2D eigenvalue weighted by molar-refractivity contribution is 0.0930. The number of carbonyl (C=O) groups is 1. The molecule has 0 saturated carbocycles. The number of nitrogens with zero attached hydrogens (tertiary/aromatic N) is 4. The molecule has 7 nitrogen and oxygen atoms in total. The molecule has 0 aliphatic heterocycles. The molecular weight excluding hydrogens is 399 g/mol. The Bertz CT molecular complexity index is 909. The summed E-state index contributed by atoms with van der Waals surface area (Å²) in [5.74, 6) is -0.234. The highest BCUT2D eigenvalue weighted by atomic mass is 35.5. The Balaban J connectivity index is 0.00000196. The normalized spacial score (nSPS) is 11.4. The van der Waals surface area contributed by atoms with Crippen LogP contribution in [0.4, 0.5) is 0 Å². The van der Waals surface area contributed by atoms with Crippen LogP contribution in [0.15, 0.2) is 36.7 Å². The molecule has 152 valence electrons. The molecule has 0 radical (unpaired) electrons. The quantitative estimate of drug-likeness (QED) is 0.606. The third kappa shape index (κ3) is 4.98. The van der Waals surface area contributed by atoms with Crippen LogP contribution in [0.25, 0.3) is 16.5 Å². The number of hydrogen-bond acceptors (Lipinski definition) is 5. The molecule has 0 saturated heterocycles. The number of amides is 1. The van der Waals surface area contributed by atoms with Crippen LogP contribution in [0.3, 0.4) is 0 Å². The van der Waals surface area contributed by atoms with Crippen LogP contribution in [0.1, 0.15) is 42.4 Å². The number of pyridine rings is 1. The van der Waals surface area contributed by atoms with Crippen LogP contribution in [-0.2, 0) is 0 Å². The van der Waals surface area contributed by atoms with Gasteiger partial charge in [0.2, 0.25) is 0 Å². The Labute approximate surface area is 176 Å². The maximum atomic E-state index is 12.6. The first kappa shape index (κ1) is 23.8. The summed E-state index contributed by atoms with van der Waals surface area (Å²) < 4.78 is 1.70. The third-order valence-electron chi connectivity index (χ3n) is 4.52. The first-order valence-electron chi connectivity index (χ1n) is 8.92. The van der Waals surface area contributed by atoms with E-state index in [4.69, 9.17) is 5.73 Å². The fraction of sp³-hybridized carbons (Fsp3) is 0.368. The van der Waals surface area contributed by atoms with Gasteiger partial charge in [-0.05, 0) is 25.5 Å². The highest BCUT2D eigenvalue weighted by Gasteiger charge is 2.20. The number of nitrogens with one attached hydrogen (secondary N) is 1. The number of halogens is 2. The lowest BCUT2D eigenvalue weighted by atomic mass is 10.1. The van der Waals surface area contributed by atoms with Crippen LogP contribution in [0.5, 0.6) is 0 Å². The minimum absolute atomic E-state index is 0. The van der Waals surface area contributed by atoms with Crippen molar-refractivity contribution < 1.29 is 4.79 Å². The molecule has 0 bridgehead atoms. The summed E-state index contributed by atoms with van der Waals surface area (Å²) >= 11 is 0. The van der Waals surface area contributed by atoms with Gasteiger partial charge < -0.3 is 11.1 Å². The van der Waals surface area contributed by atoms with E-state index in [-0.39, 0.29) is 36.8 Å². The van der Waals surface area contributed by atoms with Gasteiger partial charge in [0.05, 0.1) is 11.4 Å². The van der Waals surface area contributed by atoms with Gasteiger partial charge >= 0.3 is 0 Å². The Hall–Kier alpha value is -2.22. The van der Waals surface area contributed by atoms with Crippen molar-refractivity contribution in [3.8, 4) is 5.69 Å². The number of carbonyl (C=O) groups excluding carboxylic acids is 1. The third-order valence-corrected chi connectivity index (χ3v) is 4.52. The minimum Gasteiger partial charge on any atom is -0.347 e. The average Bonchev–Trinajstić information content (AvgIpc) is 3.05. The Morgan fingerprint density at radius 3 is 2.79 bits per heavy atom. The topological polar surface area (TPSA) is 98.7 Å². The van der Waals surface area contributed by atoms with E-state index in [2.05, 4.69) is 27.5 Å². The van der Waals surface area contributed by atoms with E-state index in [1.807, 2.05) is 31.2 Å². The molecule has 9 heteroatoms. The van der Waals surface area contributed by atoms with Gasteiger partial charge in [0.15, 0.2) is 5.69 Å². The molecular formula is C19H26Cl2N6O. The number of rotatable bonds is 7. The fourth-order valence-corrected chi connectivity index (χ4v) is 3.01. The average molecular weight is 425 g/mol. The molecule has 0 fully saturated rings. The van der Waals surface area contributed by atoms with Gasteiger partial charge in [-0.1, -0.05) is 37.1 Å². The summed E-state index contributed by atoms with van der Waals surface area (Å²) in [5.41, 5.74) is 7.66. The van der Waals surface area contributed by atoms with Gasteiger partial charge in [0, 0.05) is 35.8 Å². The Kier molecular flexibility index (Phi) is 9.31. The predicted molar refractivity (Wildman–Crippen MR) is 116 cm³/mol. The molecule has 0 spiro atoms. The van der Waals surface area contributed by atoms with Crippen LogP contribution < -0.4 is 11.1 Å². The SMILES string of the molecule is CCCCC(CN)NC(=O)c1nnn(-c2cccc3cnccc23)c1C.Cl.Cl. The number of hydrogen-bond donors (Lipinski definition) is 2. The van der Waals surface area contributed by atoms with E-state index in [0.717, 1.165) is 35.7 Å². The number of benzene rings is 1. The zero-order chi connectivity index (χ0) is 18.5. The lowest BCUT2D eigenvalue weighted by Crippen LogP contribution is -2.40. The zero-order valence-electron chi connectivity index (χ0n) is 16.0. The van der Waals surface area contributed by atoms with Crippen molar-refractivity contribution in [3.05, 3.63) is 48.0 Å². The second-order valence-electron chi connectivity index (χ2n) is 6.36. The molecule has 1 unspecified atom stereocenters. The molecule has 0 aliphatic carbocycles. The summed E-state index contributed by atoms with van der Waals surface area (Å²) in [5, 5.41) is 13.3. The van der Waals surface area contributed by atoms with Crippen molar-refractivity contribution in [1.29, 1.82) is 0 Å². The highest BCUT2D eigenvalue weighted by Crippen LogP contribution is 2.22. The van der Waals surface area contributed by atoms with E-state index in [1.54, 1.807) is 17.1 Å². The Morgan fingerprint density at radius 2 is 2.07 bits per heavy atom. The number of nitrogens with two attached hydrogens (primary N) is 1. The Morgan fingerprint density at radius 1 is 1.29 bits per heavy atom. The summed E-state index contributed by atoms with van der Waals surface area (Å²) in [6.45, 7) is 4.37. The van der Waals surface area contributed by atoms with Gasteiger partial charge in [-0.3, -0.25) is 9.78 Å². The van der Waals surface area contributed by atoms with Gasteiger partial charge in [-0.25, -0.2) is 4.68 Å². The molecule has 2 aromatic heterocycles. The number of fused-ring (bicyclic) bond motifs is 1. The molecule has 0 aliphatic rings. The zero-order valence-corrected chi connectivity index (χ0v) is 17.6. The van der Waals surface area contributed by atoms with Gasteiger partial charge in [0.1, 0.15) is 0 Å². The summed E-state index contributed by atoms with van der Waals surface area (Å²) in [6.07, 6.45) is 6.50. The second kappa shape index (κ2) is 10.9. The van der Waals surface area contributed by atoms with Crippen molar-refractivity contribution in [1.82, 2.24) is 25.3 Å². The molecule has 3 N–H and O–H groups in total. The highest BCUT2D eigenvalue weighted by molar-refractivity contribution is 5.94. The predicted octanol–water partition coefficient (Wildman–Crippen LogP) is 3.21. The van der Waals surface area contributed by atoms with Crippen molar-refractivity contribution in [2.45, 2.75) is 39.2 Å². The van der Waals surface area contributed by atoms with E-state index >= 15 is 0 Å². The van der Waals surface area contributed by atoms with Gasteiger partial charge in [-0.2, -0.15) is 0 Å². The van der Waals surface area contributed by atoms with Crippen LogP contribution in [0.2, 0.25) is 0 Å². The summed E-state index contributed by atoms with van der Waals surface area (Å²) in [6, 6.07) is 7.77. The van der Waals surface area contributed by atoms with Gasteiger partial charge in [0.25, 0.3) is 5.91 Å². The number of unbranched alkanes of at least 4 members (excludes halogenated alkanes) is 1. The van der Waals surface area contributed by atoms with Crippen molar-refractivity contribution >= 4 is 41.5 Å². The maximum Gasteiger partial charge on any atom is 0.274 e. The molecule has 1 amide bonds. The molecule has 3 rings (SSSR count). The minimum atomic E-state index is -0.234. The van der Waals surface area contributed by atoms with Crippen LogP contribution in [-0.4, -0.2) is 38.5 Å². The standard InChI is InChI=1S/C19H24N6O.2ClH/c1-3-4-7-15(11-20)22-19(26)18-13(2)25(24-23-18)17-8-5-6-14-12-21-10-9-16(14)17;;/h5-6,8-10,12,15H,3-4,7,11,20H2,1-2H3,(H,22,26);2*1H. The molecule has 1 atom stereocenters. The monoisotopic (exact) mass is 424 g/mol. The number of aromatic nitrogens is 4. The van der Waals surface area contributed by atoms with E-state index in [9.17, 15) is 4.79 Å². The van der Waals surface area contributed by atoms with E-state index in [0.29, 0.717) is 17.9 Å². The van der Waals surface area contributed by atoms with Crippen molar-refractivity contribution in [2.24, 2.45) is 5.73 Å². The largest absolute Gasteiger partial charge is 0.347 e. The molecule has 1 aromatic carbocycles.